The number of fused-ring (bicyclic) bond motifs is 2. The summed E-state index contributed by atoms with van der Waals surface area (Å²) in [4.78, 5) is 12.4. The number of hydrogen-bond acceptors (Lipinski definition) is 7. The highest BCUT2D eigenvalue weighted by Crippen LogP contribution is 2.31. The van der Waals surface area contributed by atoms with E-state index in [1.165, 1.54) is 0 Å². The average molecular weight is 363 g/mol. The smallest absolute Gasteiger partial charge is 0.322 e. The van der Waals surface area contributed by atoms with Crippen LogP contribution >= 0.6 is 0 Å². The van der Waals surface area contributed by atoms with Gasteiger partial charge in [-0.15, -0.1) is 5.10 Å². The molecule has 134 valence electrons. The van der Waals surface area contributed by atoms with Crippen LogP contribution in [0.1, 0.15) is 10.4 Å². The lowest BCUT2D eigenvalue weighted by Crippen LogP contribution is -2.17. The van der Waals surface area contributed by atoms with Gasteiger partial charge in [0.15, 0.2) is 17.3 Å². The highest BCUT2D eigenvalue weighted by atomic mass is 16.6. The van der Waals surface area contributed by atoms with Crippen molar-refractivity contribution >= 4 is 22.9 Å². The Kier molecular flexibility index (Phi) is 3.53. The quantitative estimate of drug-likeness (QED) is 0.594. The molecule has 27 heavy (non-hydrogen) atoms. The standard InChI is InChI=1S/C19H13N3O5/c23-17(12-5-6-14-15(10-12)25-8-7-24-14)20-19-22-21-18(27-19)16-9-11-3-1-2-4-13(11)26-16/h1-6,9-10H,7-8H2,(H,20,22,23). The summed E-state index contributed by atoms with van der Waals surface area (Å²) >= 11 is 0. The van der Waals surface area contributed by atoms with Crippen LogP contribution in [0, 0.1) is 0 Å². The summed E-state index contributed by atoms with van der Waals surface area (Å²) < 4.78 is 22.1. The van der Waals surface area contributed by atoms with Gasteiger partial charge in [0.2, 0.25) is 0 Å². The zero-order valence-corrected chi connectivity index (χ0v) is 14.0. The lowest BCUT2D eigenvalue weighted by Gasteiger charge is -2.18. The third-order valence-corrected chi connectivity index (χ3v) is 4.09. The molecule has 1 aliphatic rings. The number of anilines is 1. The lowest BCUT2D eigenvalue weighted by molar-refractivity contribution is 0.102. The van der Waals surface area contributed by atoms with Crippen LogP contribution < -0.4 is 14.8 Å². The van der Waals surface area contributed by atoms with Crippen molar-refractivity contribution in [2.75, 3.05) is 18.5 Å². The minimum Gasteiger partial charge on any atom is -0.486 e. The van der Waals surface area contributed by atoms with Gasteiger partial charge in [-0.2, -0.15) is 0 Å². The molecule has 3 heterocycles. The van der Waals surface area contributed by atoms with E-state index >= 15 is 0 Å². The van der Waals surface area contributed by atoms with E-state index < -0.39 is 5.91 Å². The number of amides is 1. The summed E-state index contributed by atoms with van der Waals surface area (Å²) in [5, 5.41) is 11.3. The first-order valence-electron chi connectivity index (χ1n) is 8.30. The molecule has 5 rings (SSSR count). The van der Waals surface area contributed by atoms with Gasteiger partial charge in [-0.05, 0) is 30.3 Å². The number of furan rings is 1. The maximum absolute atomic E-state index is 12.4. The second-order valence-electron chi connectivity index (χ2n) is 5.87. The second-order valence-corrected chi connectivity index (χ2v) is 5.87. The SMILES string of the molecule is O=C(Nc1nnc(-c2cc3ccccc3o2)o1)c1ccc2c(c1)OCCO2. The molecule has 2 aromatic carbocycles. The predicted octanol–water partition coefficient (Wildman–Crippen LogP) is 3.51. The lowest BCUT2D eigenvalue weighted by atomic mass is 10.2. The average Bonchev–Trinajstić information content (AvgIpc) is 3.34. The van der Waals surface area contributed by atoms with E-state index in [2.05, 4.69) is 15.5 Å². The summed E-state index contributed by atoms with van der Waals surface area (Å²) in [6, 6.07) is 14.3. The molecule has 1 aliphatic heterocycles. The Morgan fingerprint density at radius 2 is 1.78 bits per heavy atom. The molecule has 0 saturated carbocycles. The predicted molar refractivity (Wildman–Crippen MR) is 94.9 cm³/mol. The molecule has 0 atom stereocenters. The van der Waals surface area contributed by atoms with Gasteiger partial charge >= 0.3 is 6.01 Å². The third-order valence-electron chi connectivity index (χ3n) is 4.09. The van der Waals surface area contributed by atoms with Crippen molar-refractivity contribution in [1.29, 1.82) is 0 Å². The number of nitrogens with zero attached hydrogens (tertiary/aromatic N) is 2. The van der Waals surface area contributed by atoms with Crippen molar-refractivity contribution < 1.29 is 23.1 Å². The maximum atomic E-state index is 12.4. The van der Waals surface area contributed by atoms with Crippen LogP contribution in [-0.2, 0) is 0 Å². The first-order chi connectivity index (χ1) is 13.3. The van der Waals surface area contributed by atoms with E-state index in [1.54, 1.807) is 24.3 Å². The van der Waals surface area contributed by atoms with Gasteiger partial charge in [-0.1, -0.05) is 23.3 Å². The zero-order chi connectivity index (χ0) is 18.2. The van der Waals surface area contributed by atoms with Gasteiger partial charge in [-0.25, -0.2) is 0 Å². The van der Waals surface area contributed by atoms with Crippen LogP contribution in [0.5, 0.6) is 11.5 Å². The zero-order valence-electron chi connectivity index (χ0n) is 14.0. The second kappa shape index (κ2) is 6.17. The summed E-state index contributed by atoms with van der Waals surface area (Å²) in [6.45, 7) is 0.938. The van der Waals surface area contributed by atoms with Crippen LogP contribution in [-0.4, -0.2) is 29.3 Å². The molecule has 0 radical (unpaired) electrons. The minimum absolute atomic E-state index is 0.0228. The van der Waals surface area contributed by atoms with Crippen LogP contribution in [0.15, 0.2) is 57.4 Å². The maximum Gasteiger partial charge on any atom is 0.322 e. The molecule has 0 spiro atoms. The molecule has 8 heteroatoms. The number of aromatic nitrogens is 2. The molecular formula is C19H13N3O5. The Morgan fingerprint density at radius 1 is 0.926 bits per heavy atom. The summed E-state index contributed by atoms with van der Waals surface area (Å²) in [6.07, 6.45) is 0. The Morgan fingerprint density at radius 3 is 2.67 bits per heavy atom. The van der Waals surface area contributed by atoms with Crippen molar-refractivity contribution in [3.8, 4) is 23.1 Å². The van der Waals surface area contributed by atoms with Gasteiger partial charge in [-0.3, -0.25) is 10.1 Å². The molecule has 1 N–H and O–H groups in total. The molecular weight excluding hydrogens is 350 g/mol. The number of rotatable bonds is 3. The van der Waals surface area contributed by atoms with E-state index in [0.29, 0.717) is 41.6 Å². The fraction of sp³-hybridized carbons (Fsp3) is 0.105. The highest BCUT2D eigenvalue weighted by molar-refractivity contribution is 6.03. The third kappa shape index (κ3) is 2.86. The van der Waals surface area contributed by atoms with E-state index in [-0.39, 0.29) is 11.9 Å². The molecule has 0 fully saturated rings. The van der Waals surface area contributed by atoms with E-state index in [0.717, 1.165) is 5.39 Å². The molecule has 0 saturated heterocycles. The van der Waals surface area contributed by atoms with E-state index in [9.17, 15) is 4.79 Å². The monoisotopic (exact) mass is 363 g/mol. The summed E-state index contributed by atoms with van der Waals surface area (Å²) in [5.74, 6) is 1.36. The first kappa shape index (κ1) is 15.4. The number of para-hydroxylation sites is 1. The molecule has 2 aromatic heterocycles. The number of ether oxygens (including phenoxy) is 2. The number of hydrogen-bond donors (Lipinski definition) is 1. The normalized spacial score (nSPS) is 12.9. The summed E-state index contributed by atoms with van der Waals surface area (Å²) in [7, 11) is 0. The number of benzene rings is 2. The van der Waals surface area contributed by atoms with Gasteiger partial charge in [0, 0.05) is 10.9 Å². The first-order valence-corrected chi connectivity index (χ1v) is 8.30. The number of carbonyl (C=O) groups is 1. The minimum atomic E-state index is -0.397. The largest absolute Gasteiger partial charge is 0.486 e. The Labute approximate surface area is 152 Å². The highest BCUT2D eigenvalue weighted by Gasteiger charge is 2.18. The number of carbonyl (C=O) groups excluding carboxylic acids is 1. The van der Waals surface area contributed by atoms with Crippen molar-refractivity contribution in [3.05, 3.63) is 54.1 Å². The van der Waals surface area contributed by atoms with Gasteiger partial charge in [0.05, 0.1) is 0 Å². The van der Waals surface area contributed by atoms with Crippen LogP contribution in [0.25, 0.3) is 22.6 Å². The molecule has 0 unspecified atom stereocenters. The van der Waals surface area contributed by atoms with E-state index in [4.69, 9.17) is 18.3 Å². The van der Waals surface area contributed by atoms with Crippen molar-refractivity contribution in [2.24, 2.45) is 0 Å². The topological polar surface area (TPSA) is 99.6 Å². The summed E-state index contributed by atoms with van der Waals surface area (Å²) in [5.41, 5.74) is 1.11. The Bertz CT molecular complexity index is 1110. The van der Waals surface area contributed by atoms with Crippen molar-refractivity contribution in [1.82, 2.24) is 10.2 Å². The van der Waals surface area contributed by atoms with Crippen molar-refractivity contribution in [2.45, 2.75) is 0 Å². The van der Waals surface area contributed by atoms with Crippen LogP contribution in [0.4, 0.5) is 6.01 Å². The van der Waals surface area contributed by atoms with Crippen LogP contribution in [0.2, 0.25) is 0 Å². The van der Waals surface area contributed by atoms with E-state index in [1.807, 2.05) is 24.3 Å². The van der Waals surface area contributed by atoms with Crippen molar-refractivity contribution in [3.63, 3.8) is 0 Å². The van der Waals surface area contributed by atoms with Crippen LogP contribution in [0.3, 0.4) is 0 Å². The Hall–Kier alpha value is -3.81. The molecule has 0 bridgehead atoms. The molecule has 1 amide bonds. The molecule has 4 aromatic rings. The Balaban J connectivity index is 1.36. The molecule has 8 nitrogen and oxygen atoms in total. The number of nitrogens with one attached hydrogen (secondary N) is 1. The van der Waals surface area contributed by atoms with Gasteiger partial charge in [0.1, 0.15) is 18.8 Å². The fourth-order valence-corrected chi connectivity index (χ4v) is 2.81. The van der Waals surface area contributed by atoms with Gasteiger partial charge in [0.25, 0.3) is 11.8 Å². The fourth-order valence-electron chi connectivity index (χ4n) is 2.81. The molecule has 0 aliphatic carbocycles. The van der Waals surface area contributed by atoms with Gasteiger partial charge < -0.3 is 18.3 Å².